The molecule has 0 aromatic rings. The van der Waals surface area contributed by atoms with E-state index in [0.29, 0.717) is 0 Å². The zero-order valence-corrected chi connectivity index (χ0v) is 28.2. The van der Waals surface area contributed by atoms with E-state index >= 15 is 0 Å². The largest absolute Gasteiger partial charge is 0.462 e. The highest BCUT2D eigenvalue weighted by molar-refractivity contribution is 6.10. The van der Waals surface area contributed by atoms with Crippen LogP contribution in [-0.4, -0.2) is 81.0 Å². The Morgan fingerprint density at radius 3 is 1.20 bits per heavy atom. The lowest BCUT2D eigenvalue weighted by Crippen LogP contribution is -2.51. The number of carbonyl (C=O) groups excluding carboxylic acids is 7. The lowest BCUT2D eigenvalue weighted by atomic mass is 9.99. The molecule has 0 heterocycles. The van der Waals surface area contributed by atoms with Gasteiger partial charge < -0.3 is 23.7 Å². The molecular formula is C30H48N2O12. The maximum absolute atomic E-state index is 13.8. The fraction of sp³-hybridized carbons (Fsp3) is 0.700. The molecule has 0 fully saturated rings. The van der Waals surface area contributed by atoms with Crippen LogP contribution in [0.25, 0.3) is 0 Å². The molecule has 0 N–H and O–H groups in total. The summed E-state index contributed by atoms with van der Waals surface area (Å²) in [5.74, 6) is -4.96. The summed E-state index contributed by atoms with van der Waals surface area (Å²) >= 11 is 0. The monoisotopic (exact) mass is 628 g/mol. The quantitative estimate of drug-likeness (QED) is 0.186. The van der Waals surface area contributed by atoms with Gasteiger partial charge in [0, 0.05) is 12.0 Å². The number of hydrogen-bond donors (Lipinski definition) is 0. The second kappa shape index (κ2) is 15.2. The second-order valence-electron chi connectivity index (χ2n) is 13.9. The Kier molecular flexibility index (Phi) is 13.8. The Labute approximate surface area is 259 Å². The number of nitrogens with zero attached hydrogens (tertiary/aromatic N) is 2. The van der Waals surface area contributed by atoms with Crippen molar-refractivity contribution in [1.29, 1.82) is 0 Å². The van der Waals surface area contributed by atoms with Gasteiger partial charge in [0.2, 0.25) is 11.8 Å². The van der Waals surface area contributed by atoms with Crippen LogP contribution in [0.2, 0.25) is 0 Å². The van der Waals surface area contributed by atoms with Crippen molar-refractivity contribution in [3.8, 4) is 0 Å². The van der Waals surface area contributed by atoms with Crippen molar-refractivity contribution in [1.82, 2.24) is 9.80 Å². The molecule has 0 bridgehead atoms. The summed E-state index contributed by atoms with van der Waals surface area (Å²) in [6.45, 7) is 22.4. The summed E-state index contributed by atoms with van der Waals surface area (Å²) in [4.78, 5) is 91.7. The third-order valence-corrected chi connectivity index (χ3v) is 4.59. The van der Waals surface area contributed by atoms with Crippen LogP contribution in [0.15, 0.2) is 12.2 Å². The van der Waals surface area contributed by atoms with Crippen molar-refractivity contribution in [3.63, 3.8) is 0 Å². The summed E-state index contributed by atoms with van der Waals surface area (Å²) in [7, 11) is 0. The van der Waals surface area contributed by atoms with Crippen molar-refractivity contribution in [2.45, 2.75) is 125 Å². The topological polar surface area (TPSA) is 172 Å². The molecule has 0 aromatic heterocycles. The molecule has 1 atom stereocenters. The Balaban J connectivity index is 6.77. The summed E-state index contributed by atoms with van der Waals surface area (Å²) in [6, 6.07) is 0. The minimum absolute atomic E-state index is 0.0501. The van der Waals surface area contributed by atoms with Crippen molar-refractivity contribution < 1.29 is 57.2 Å². The number of esters is 1. The Morgan fingerprint density at radius 1 is 0.591 bits per heavy atom. The summed E-state index contributed by atoms with van der Waals surface area (Å²) in [5, 5.41) is 0. The van der Waals surface area contributed by atoms with Crippen molar-refractivity contribution in [2.24, 2.45) is 5.92 Å². The van der Waals surface area contributed by atoms with Crippen LogP contribution in [0, 0.1) is 5.92 Å². The molecule has 0 aliphatic rings. The van der Waals surface area contributed by atoms with Crippen LogP contribution in [0.5, 0.6) is 0 Å². The minimum Gasteiger partial charge on any atom is -0.462 e. The van der Waals surface area contributed by atoms with Crippen LogP contribution >= 0.6 is 0 Å². The van der Waals surface area contributed by atoms with E-state index in [-0.39, 0.29) is 15.4 Å². The Morgan fingerprint density at radius 2 is 0.909 bits per heavy atom. The van der Waals surface area contributed by atoms with Crippen LogP contribution in [0.1, 0.15) is 103 Å². The maximum Gasteiger partial charge on any atom is 0.426 e. The van der Waals surface area contributed by atoms with Crippen molar-refractivity contribution in [3.05, 3.63) is 12.2 Å². The van der Waals surface area contributed by atoms with Gasteiger partial charge in [-0.2, -0.15) is 0 Å². The average Bonchev–Trinajstić information content (AvgIpc) is 2.73. The molecule has 0 rings (SSSR count). The van der Waals surface area contributed by atoms with Crippen LogP contribution in [0.4, 0.5) is 19.2 Å². The van der Waals surface area contributed by atoms with Gasteiger partial charge in [-0.3, -0.25) is 9.59 Å². The van der Waals surface area contributed by atoms with Gasteiger partial charge in [0.05, 0.1) is 12.5 Å². The van der Waals surface area contributed by atoms with Gasteiger partial charge in [-0.15, -0.1) is 9.80 Å². The third-order valence-electron chi connectivity index (χ3n) is 4.59. The van der Waals surface area contributed by atoms with E-state index in [1.807, 2.05) is 0 Å². The van der Waals surface area contributed by atoms with Gasteiger partial charge in [0.1, 0.15) is 22.4 Å². The van der Waals surface area contributed by atoms with Crippen LogP contribution < -0.4 is 0 Å². The number of imide groups is 6. The smallest absolute Gasteiger partial charge is 0.426 e. The number of hydrogen-bond acceptors (Lipinski definition) is 12. The third kappa shape index (κ3) is 15.5. The van der Waals surface area contributed by atoms with Gasteiger partial charge in [-0.1, -0.05) is 6.58 Å². The molecule has 0 aliphatic carbocycles. The molecule has 0 saturated carbocycles. The standard InChI is InChI=1S/C30H48N2O12/c1-18(2)22(35)40-16-15-19(21(34)32(25(38)43-29(9,10)11)26(39)44-30(12,13)14)17-20(33)31(23(36)41-27(3,4)5)24(37)42-28(6,7)8/h19H,1,15-17H2,2-14H3. The first-order valence-corrected chi connectivity index (χ1v) is 14.0. The van der Waals surface area contributed by atoms with E-state index in [1.165, 1.54) is 90.0 Å². The zero-order chi connectivity index (χ0) is 35.0. The molecule has 14 nitrogen and oxygen atoms in total. The summed E-state index contributed by atoms with van der Waals surface area (Å²) in [5.41, 5.74) is -4.51. The summed E-state index contributed by atoms with van der Waals surface area (Å²) in [6.07, 6.45) is -6.92. The molecule has 1 unspecified atom stereocenters. The van der Waals surface area contributed by atoms with E-state index in [4.69, 9.17) is 23.7 Å². The van der Waals surface area contributed by atoms with Gasteiger partial charge >= 0.3 is 30.3 Å². The minimum atomic E-state index is -1.62. The average molecular weight is 629 g/mol. The predicted octanol–water partition coefficient (Wildman–Crippen LogP) is 5.90. The highest BCUT2D eigenvalue weighted by atomic mass is 16.6. The van der Waals surface area contributed by atoms with E-state index < -0.39 is 89.9 Å². The van der Waals surface area contributed by atoms with Crippen LogP contribution in [-0.2, 0) is 38.1 Å². The molecule has 6 amide bonds. The normalized spacial score (nSPS) is 12.7. The van der Waals surface area contributed by atoms with Gasteiger partial charge in [0.15, 0.2) is 0 Å². The van der Waals surface area contributed by atoms with E-state index in [2.05, 4.69) is 6.58 Å². The van der Waals surface area contributed by atoms with E-state index in [9.17, 15) is 33.6 Å². The first kappa shape index (κ1) is 40.0. The van der Waals surface area contributed by atoms with Gasteiger partial charge in [-0.05, 0) is 96.4 Å². The molecule has 44 heavy (non-hydrogen) atoms. The molecule has 0 radical (unpaired) electrons. The summed E-state index contributed by atoms with van der Waals surface area (Å²) < 4.78 is 26.0. The zero-order valence-electron chi connectivity index (χ0n) is 28.2. The Hall–Kier alpha value is -3.97. The molecular weight excluding hydrogens is 580 g/mol. The number of rotatable bonds is 7. The molecule has 0 aromatic carbocycles. The maximum atomic E-state index is 13.8. The highest BCUT2D eigenvalue weighted by Gasteiger charge is 2.43. The van der Waals surface area contributed by atoms with Crippen molar-refractivity contribution >= 4 is 42.2 Å². The fourth-order valence-corrected chi connectivity index (χ4v) is 2.98. The fourth-order valence-electron chi connectivity index (χ4n) is 2.98. The second-order valence-corrected chi connectivity index (χ2v) is 13.9. The Bertz CT molecular complexity index is 1070. The predicted molar refractivity (Wildman–Crippen MR) is 157 cm³/mol. The van der Waals surface area contributed by atoms with Gasteiger partial charge in [-0.25, -0.2) is 24.0 Å². The number of carbonyl (C=O) groups is 7. The van der Waals surface area contributed by atoms with Gasteiger partial charge in [0.25, 0.3) is 0 Å². The molecule has 0 spiro atoms. The highest BCUT2D eigenvalue weighted by Crippen LogP contribution is 2.23. The molecule has 0 saturated heterocycles. The first-order chi connectivity index (χ1) is 19.5. The number of ether oxygens (including phenoxy) is 5. The van der Waals surface area contributed by atoms with E-state index in [0.717, 1.165) is 0 Å². The van der Waals surface area contributed by atoms with E-state index in [1.54, 1.807) is 0 Å². The molecule has 14 heteroatoms. The number of amides is 6. The first-order valence-electron chi connectivity index (χ1n) is 14.0. The van der Waals surface area contributed by atoms with Crippen molar-refractivity contribution in [2.75, 3.05) is 6.61 Å². The molecule has 0 aliphatic heterocycles. The lowest BCUT2D eigenvalue weighted by Gasteiger charge is -2.30. The lowest BCUT2D eigenvalue weighted by molar-refractivity contribution is -0.143. The molecule has 250 valence electrons. The van der Waals surface area contributed by atoms with Crippen LogP contribution in [0.3, 0.4) is 0 Å². The SMILES string of the molecule is C=C(C)C(=O)OCCC(CC(=O)N(C(=O)OC(C)(C)C)C(=O)OC(C)(C)C)C(=O)N(C(=O)OC(C)(C)C)C(=O)OC(C)(C)C.